The van der Waals surface area contributed by atoms with Gasteiger partial charge in [0.25, 0.3) is 0 Å². The minimum atomic E-state index is -1.12. The molecular weight excluding hydrogens is 984 g/mol. The molecular formula is C44H38BrClF4N12O6. The second kappa shape index (κ2) is 22.6. The van der Waals surface area contributed by atoms with Gasteiger partial charge in [-0.15, -0.1) is 11.6 Å². The van der Waals surface area contributed by atoms with Crippen LogP contribution in [0.25, 0.3) is 21.8 Å². The highest BCUT2D eigenvalue weighted by atomic mass is 79.9. The number of fused-ring (bicyclic) bond motifs is 2. The lowest BCUT2D eigenvalue weighted by Crippen LogP contribution is -2.19. The highest BCUT2D eigenvalue weighted by Crippen LogP contribution is 2.36. The van der Waals surface area contributed by atoms with Gasteiger partial charge in [0.1, 0.15) is 44.0 Å². The zero-order valence-corrected chi connectivity index (χ0v) is 38.1. The van der Waals surface area contributed by atoms with Crippen LogP contribution in [0.2, 0.25) is 0 Å². The van der Waals surface area contributed by atoms with Crippen LogP contribution in [0.1, 0.15) is 0 Å². The van der Waals surface area contributed by atoms with Crippen molar-refractivity contribution in [1.82, 2.24) is 39.5 Å². The van der Waals surface area contributed by atoms with E-state index in [2.05, 4.69) is 67.3 Å². The molecule has 4 aromatic heterocycles. The monoisotopic (exact) mass is 1020 g/mol. The minimum absolute atomic E-state index is 0.204. The van der Waals surface area contributed by atoms with Gasteiger partial charge < -0.3 is 40.2 Å². The van der Waals surface area contributed by atoms with Crippen molar-refractivity contribution in [2.75, 3.05) is 59.9 Å². The third-order valence-corrected chi connectivity index (χ3v) is 9.84. The molecule has 2 amide bonds. The number of nitrogens with zero attached hydrogens (tertiary/aromatic N) is 8. The SMILES string of the molecule is COc1cc2c(Nc3cnn(CC(=O)Nc4cccc(F)c4F)c3)ncnc2cc1OCCBr.COc1cc2c(Nc3cnn(CC(=O)Nc4cccc(F)c4F)c3)ncnc2cc1OCCCl. The van der Waals surface area contributed by atoms with E-state index in [0.717, 1.165) is 12.1 Å². The van der Waals surface area contributed by atoms with E-state index < -0.39 is 35.1 Å². The van der Waals surface area contributed by atoms with Crippen LogP contribution in [0.4, 0.5) is 51.9 Å². The summed E-state index contributed by atoms with van der Waals surface area (Å²) in [6.07, 6.45) is 8.98. The van der Waals surface area contributed by atoms with Gasteiger partial charge in [-0.05, 0) is 36.4 Å². The van der Waals surface area contributed by atoms with Gasteiger partial charge in [-0.3, -0.25) is 19.0 Å². The molecule has 4 N–H and O–H groups in total. The molecule has 4 aromatic carbocycles. The molecule has 0 aliphatic heterocycles. The maximum atomic E-state index is 13.8. The zero-order valence-electron chi connectivity index (χ0n) is 35.8. The molecule has 8 rings (SSSR count). The van der Waals surface area contributed by atoms with Gasteiger partial charge in [-0.1, -0.05) is 28.1 Å². The summed E-state index contributed by atoms with van der Waals surface area (Å²) in [5.41, 5.74) is 1.88. The first-order chi connectivity index (χ1) is 33.0. The summed E-state index contributed by atoms with van der Waals surface area (Å²) in [5.74, 6) is -2.05. The minimum Gasteiger partial charge on any atom is -0.493 e. The average Bonchev–Trinajstić information content (AvgIpc) is 3.98. The third-order valence-electron chi connectivity index (χ3n) is 9.37. The molecule has 0 saturated heterocycles. The first-order valence-corrected chi connectivity index (χ1v) is 21.7. The number of carbonyl (C=O) groups is 2. The number of carbonyl (C=O) groups excluding carboxylic acids is 2. The van der Waals surface area contributed by atoms with Gasteiger partial charge >= 0.3 is 0 Å². The summed E-state index contributed by atoms with van der Waals surface area (Å²) in [4.78, 5) is 41.6. The molecule has 18 nitrogen and oxygen atoms in total. The molecule has 0 radical (unpaired) electrons. The van der Waals surface area contributed by atoms with Crippen molar-refractivity contribution >= 4 is 95.5 Å². The zero-order chi connectivity index (χ0) is 48.2. The molecule has 0 unspecified atom stereocenters. The lowest BCUT2D eigenvalue weighted by molar-refractivity contribution is -0.117. The van der Waals surface area contributed by atoms with E-state index in [4.69, 9.17) is 30.5 Å². The number of methoxy groups -OCH3 is 2. The molecule has 0 aliphatic carbocycles. The highest BCUT2D eigenvalue weighted by Gasteiger charge is 2.17. The number of nitrogens with one attached hydrogen (secondary N) is 4. The number of hydrogen-bond acceptors (Lipinski definition) is 14. The molecule has 68 heavy (non-hydrogen) atoms. The number of aromatic nitrogens is 8. The van der Waals surface area contributed by atoms with E-state index in [1.807, 2.05) is 0 Å². The number of halogens is 6. The van der Waals surface area contributed by atoms with E-state index in [1.165, 1.54) is 65.8 Å². The molecule has 0 aliphatic rings. The first kappa shape index (κ1) is 48.2. The Balaban J connectivity index is 0.000000201. The van der Waals surface area contributed by atoms with Crippen LogP contribution in [-0.2, 0) is 22.7 Å². The maximum absolute atomic E-state index is 13.8. The van der Waals surface area contributed by atoms with Gasteiger partial charge in [0.2, 0.25) is 11.8 Å². The van der Waals surface area contributed by atoms with Crippen LogP contribution >= 0.6 is 27.5 Å². The van der Waals surface area contributed by atoms with Gasteiger partial charge in [-0.25, -0.2) is 37.5 Å². The van der Waals surface area contributed by atoms with Crippen molar-refractivity contribution in [1.29, 1.82) is 0 Å². The fraction of sp³-hybridized carbons (Fsp3) is 0.182. The molecule has 352 valence electrons. The van der Waals surface area contributed by atoms with Crippen molar-refractivity contribution in [3.8, 4) is 23.0 Å². The summed E-state index contributed by atoms with van der Waals surface area (Å²) in [6, 6.07) is 14.1. The van der Waals surface area contributed by atoms with E-state index >= 15 is 0 Å². The maximum Gasteiger partial charge on any atom is 0.246 e. The number of rotatable bonds is 18. The van der Waals surface area contributed by atoms with Gasteiger partial charge in [0, 0.05) is 40.6 Å². The van der Waals surface area contributed by atoms with Gasteiger partial charge in [0.15, 0.2) is 46.3 Å². The lowest BCUT2D eigenvalue weighted by atomic mass is 10.2. The summed E-state index contributed by atoms with van der Waals surface area (Å²) in [7, 11) is 3.07. The Hall–Kier alpha value is -7.79. The van der Waals surface area contributed by atoms with Crippen molar-refractivity contribution in [2.24, 2.45) is 0 Å². The second-order valence-corrected chi connectivity index (χ2v) is 15.1. The van der Waals surface area contributed by atoms with Crippen molar-refractivity contribution in [3.05, 3.63) is 121 Å². The number of alkyl halides is 2. The second-order valence-electron chi connectivity index (χ2n) is 14.0. The molecule has 0 fully saturated rings. The molecule has 0 spiro atoms. The molecule has 0 atom stereocenters. The van der Waals surface area contributed by atoms with Crippen LogP contribution < -0.4 is 40.2 Å². The predicted octanol–water partition coefficient (Wildman–Crippen LogP) is 8.38. The number of ether oxygens (including phenoxy) is 4. The standard InChI is InChI=1S/C22H19BrF2N6O3.C22H19ClF2N6O3/c2*1-33-18-7-14-17(8-19(18)34-6-5-23)26-12-27-22(14)29-13-9-28-31(10-13)11-20(32)30-16-4-2-3-15(24)21(16)25/h2*2-4,7-10,12H,5-6,11H2,1H3,(H,30,32)(H,26,27,29). The fourth-order valence-corrected chi connectivity index (χ4v) is 6.59. The quantitative estimate of drug-likeness (QED) is 0.0471. The van der Waals surface area contributed by atoms with Gasteiger partial charge in [-0.2, -0.15) is 10.2 Å². The summed E-state index contributed by atoms with van der Waals surface area (Å²) < 4.78 is 79.0. The van der Waals surface area contributed by atoms with E-state index in [9.17, 15) is 27.2 Å². The number of amides is 2. The molecule has 0 bridgehead atoms. The van der Waals surface area contributed by atoms with E-state index in [0.29, 0.717) is 92.2 Å². The average molecular weight is 1020 g/mol. The Kier molecular flexibility index (Phi) is 16.0. The molecule has 8 aromatic rings. The van der Waals surface area contributed by atoms with Crippen LogP contribution in [-0.4, -0.2) is 90.0 Å². The summed E-state index contributed by atoms with van der Waals surface area (Å²) >= 11 is 9.03. The van der Waals surface area contributed by atoms with Crippen LogP contribution in [0.3, 0.4) is 0 Å². The van der Waals surface area contributed by atoms with Crippen LogP contribution in [0.5, 0.6) is 23.0 Å². The Morgan fingerprint density at radius 3 is 1.53 bits per heavy atom. The topological polar surface area (TPSA) is 206 Å². The van der Waals surface area contributed by atoms with Crippen LogP contribution in [0.15, 0.2) is 98.1 Å². The third kappa shape index (κ3) is 12.0. The van der Waals surface area contributed by atoms with Crippen LogP contribution in [0, 0.1) is 23.3 Å². The number of anilines is 6. The Morgan fingerprint density at radius 2 is 1.10 bits per heavy atom. The molecule has 0 saturated carbocycles. The van der Waals surface area contributed by atoms with E-state index in [-0.39, 0.29) is 24.5 Å². The first-order valence-electron chi connectivity index (χ1n) is 20.1. The van der Waals surface area contributed by atoms with E-state index in [1.54, 1.807) is 43.8 Å². The molecule has 24 heteroatoms. The summed E-state index contributed by atoms with van der Waals surface area (Å²) in [6.45, 7) is 0.371. The fourth-order valence-electron chi connectivity index (χ4n) is 6.35. The highest BCUT2D eigenvalue weighted by molar-refractivity contribution is 9.09. The number of hydrogen-bond donors (Lipinski definition) is 4. The Morgan fingerprint density at radius 1 is 0.647 bits per heavy atom. The van der Waals surface area contributed by atoms with Crippen molar-refractivity contribution in [2.45, 2.75) is 13.1 Å². The molecule has 4 heterocycles. The smallest absolute Gasteiger partial charge is 0.246 e. The largest absolute Gasteiger partial charge is 0.493 e. The Labute approximate surface area is 397 Å². The normalized spacial score (nSPS) is 10.8. The predicted molar refractivity (Wildman–Crippen MR) is 249 cm³/mol. The Bertz CT molecular complexity index is 2870. The summed E-state index contributed by atoms with van der Waals surface area (Å²) in [5, 5.41) is 21.2. The lowest BCUT2D eigenvalue weighted by Gasteiger charge is -2.12. The van der Waals surface area contributed by atoms with Crippen molar-refractivity contribution < 1.29 is 46.1 Å². The number of benzene rings is 4. The van der Waals surface area contributed by atoms with Crippen molar-refractivity contribution in [3.63, 3.8) is 0 Å². The van der Waals surface area contributed by atoms with Gasteiger partial charge in [0.05, 0.1) is 72.9 Å².